The van der Waals surface area contributed by atoms with Gasteiger partial charge in [-0.3, -0.25) is 18.3 Å². The van der Waals surface area contributed by atoms with Crippen LogP contribution in [-0.2, 0) is 0 Å². The van der Waals surface area contributed by atoms with Gasteiger partial charge in [0.25, 0.3) is 0 Å². The Bertz CT molecular complexity index is 4940. The minimum atomic E-state index is 0.861. The summed E-state index contributed by atoms with van der Waals surface area (Å²) in [7, 11) is 0. The summed E-state index contributed by atoms with van der Waals surface area (Å²) in [6, 6.07) is 105. The molecule has 0 bridgehead atoms. The van der Waals surface area contributed by atoms with E-state index in [9.17, 15) is 0 Å². The first-order chi connectivity index (χ1) is 40.7. The van der Waals surface area contributed by atoms with Crippen LogP contribution in [0.5, 0.6) is 0 Å². The Morgan fingerprint density at radius 1 is 0.159 bits per heavy atom. The van der Waals surface area contributed by atoms with E-state index in [0.29, 0.717) is 0 Å². The lowest BCUT2D eigenvalue weighted by atomic mass is 9.95. The molecule has 6 aromatic heterocycles. The lowest BCUT2D eigenvalue weighted by Crippen LogP contribution is -2.04. The molecule has 82 heavy (non-hydrogen) atoms. The molecule has 11 aromatic carbocycles. The first-order valence-corrected chi connectivity index (χ1v) is 28.0. The summed E-state index contributed by atoms with van der Waals surface area (Å²) in [6.07, 6.45) is 0. The third kappa shape index (κ3) is 7.15. The quantitative estimate of drug-likeness (QED) is 0.152. The largest absolute Gasteiger partial charge is 0.294 e. The zero-order valence-electron chi connectivity index (χ0n) is 44.4. The van der Waals surface area contributed by atoms with Gasteiger partial charge < -0.3 is 0 Å². The average Bonchev–Trinajstić information content (AvgIpc) is 4.49. The normalized spacial score (nSPS) is 11.9. The molecule has 0 aliphatic rings. The Hall–Kier alpha value is -11.1. The molecule has 0 aliphatic carbocycles. The Labute approximate surface area is 471 Å². The summed E-state index contributed by atoms with van der Waals surface area (Å²) in [5, 5.41) is 9.61. The van der Waals surface area contributed by atoms with Crippen LogP contribution in [0.15, 0.2) is 291 Å². The molecule has 0 unspecified atom stereocenters. The van der Waals surface area contributed by atoms with Crippen LogP contribution in [0.4, 0.5) is 0 Å². The maximum atomic E-state index is 5.59. The summed E-state index contributed by atoms with van der Waals surface area (Å²) in [4.78, 5) is 11.2. The van der Waals surface area contributed by atoms with E-state index in [1.807, 2.05) is 0 Å². The van der Waals surface area contributed by atoms with E-state index in [4.69, 9.17) is 9.97 Å². The number of nitrogens with zero attached hydrogens (tertiary/aromatic N) is 6. The molecule has 0 aliphatic heterocycles. The standard InChI is InChI=1S/C76H48N6/c1-9-31-65-57(23-1)58-24-2-10-32-66(58)79(65)73-45-55(46-74(77-73)80-67-33-11-3-25-59(67)60-26-4-12-34-68(60)80)50-41-39-49(40-42-50)51-19-17-20-52(43-51)53-21-18-22-54(44-53)56-47-75(81-69-35-13-5-27-61(69)62-28-6-14-36-70(62)81)78-76(48-56)82-71-37-15-7-29-63(71)64-30-8-16-38-72(64)82/h1-48H. The predicted octanol–water partition coefficient (Wildman–Crippen LogP) is 19.5. The van der Waals surface area contributed by atoms with Crippen LogP contribution in [0.3, 0.4) is 0 Å². The van der Waals surface area contributed by atoms with Crippen molar-refractivity contribution < 1.29 is 0 Å². The monoisotopic (exact) mass is 1040 g/mol. The van der Waals surface area contributed by atoms with E-state index in [1.54, 1.807) is 0 Å². The molecule has 0 radical (unpaired) electrons. The summed E-state index contributed by atoms with van der Waals surface area (Å²) < 4.78 is 9.30. The number of benzene rings is 11. The number of pyridine rings is 2. The van der Waals surface area contributed by atoms with E-state index in [2.05, 4.69) is 309 Å². The molecular weight excluding hydrogens is 997 g/mol. The number of rotatable bonds is 8. The van der Waals surface area contributed by atoms with E-state index < -0.39 is 0 Å². The molecule has 0 N–H and O–H groups in total. The highest BCUT2D eigenvalue weighted by molar-refractivity contribution is 6.12. The fourth-order valence-electron chi connectivity index (χ4n) is 13.1. The molecule has 0 atom stereocenters. The lowest BCUT2D eigenvalue weighted by molar-refractivity contribution is 1.01. The molecule has 0 fully saturated rings. The maximum Gasteiger partial charge on any atom is 0.140 e. The Morgan fingerprint density at radius 3 is 0.610 bits per heavy atom. The van der Waals surface area contributed by atoms with Gasteiger partial charge in [-0.1, -0.05) is 206 Å². The van der Waals surface area contributed by atoms with Gasteiger partial charge in [0.2, 0.25) is 0 Å². The van der Waals surface area contributed by atoms with Crippen LogP contribution in [-0.4, -0.2) is 28.2 Å². The topological polar surface area (TPSA) is 45.5 Å². The van der Waals surface area contributed by atoms with Crippen LogP contribution in [0, 0.1) is 0 Å². The van der Waals surface area contributed by atoms with Crippen molar-refractivity contribution in [2.24, 2.45) is 0 Å². The third-order valence-corrected chi connectivity index (χ3v) is 16.8. The van der Waals surface area contributed by atoms with E-state index in [1.165, 1.54) is 43.1 Å². The Balaban J connectivity index is 0.776. The van der Waals surface area contributed by atoms with Crippen LogP contribution in [0.1, 0.15) is 0 Å². The Morgan fingerprint density at radius 2 is 0.354 bits per heavy atom. The van der Waals surface area contributed by atoms with Crippen molar-refractivity contribution in [3.63, 3.8) is 0 Å². The molecule has 17 aromatic rings. The number of hydrogen-bond acceptors (Lipinski definition) is 2. The molecule has 0 amide bonds. The van der Waals surface area contributed by atoms with Gasteiger partial charge in [0.15, 0.2) is 0 Å². The second kappa shape index (κ2) is 18.2. The Kier molecular flexibility index (Phi) is 10.2. The summed E-state index contributed by atoms with van der Waals surface area (Å²) >= 11 is 0. The second-order valence-electron chi connectivity index (χ2n) is 21.4. The van der Waals surface area contributed by atoms with Crippen LogP contribution < -0.4 is 0 Å². The highest BCUT2D eigenvalue weighted by Gasteiger charge is 2.21. The first-order valence-electron chi connectivity index (χ1n) is 28.0. The number of aromatic nitrogens is 6. The van der Waals surface area contributed by atoms with Crippen molar-refractivity contribution in [2.75, 3.05) is 0 Å². The molecule has 6 heteroatoms. The van der Waals surface area contributed by atoms with Gasteiger partial charge in [-0.25, -0.2) is 9.97 Å². The van der Waals surface area contributed by atoms with Gasteiger partial charge in [-0.05, 0) is 129 Å². The predicted molar refractivity (Wildman–Crippen MR) is 341 cm³/mol. The average molecular weight is 1050 g/mol. The van der Waals surface area contributed by atoms with Gasteiger partial charge in [0.1, 0.15) is 23.3 Å². The zero-order chi connectivity index (χ0) is 53.8. The van der Waals surface area contributed by atoms with Gasteiger partial charge in [0, 0.05) is 43.1 Å². The summed E-state index contributed by atoms with van der Waals surface area (Å²) in [5.74, 6) is 3.45. The van der Waals surface area contributed by atoms with Crippen molar-refractivity contribution in [2.45, 2.75) is 0 Å². The molecule has 382 valence electrons. The van der Waals surface area contributed by atoms with Gasteiger partial charge >= 0.3 is 0 Å². The number of hydrogen-bond donors (Lipinski definition) is 0. The van der Waals surface area contributed by atoms with Crippen molar-refractivity contribution >= 4 is 87.2 Å². The smallest absolute Gasteiger partial charge is 0.140 e. The zero-order valence-corrected chi connectivity index (χ0v) is 44.4. The lowest BCUT2D eigenvalue weighted by Gasteiger charge is -2.15. The van der Waals surface area contributed by atoms with Crippen molar-refractivity contribution in [1.29, 1.82) is 0 Å². The maximum absolute atomic E-state index is 5.59. The van der Waals surface area contributed by atoms with Crippen LogP contribution >= 0.6 is 0 Å². The minimum Gasteiger partial charge on any atom is -0.294 e. The van der Waals surface area contributed by atoms with Crippen LogP contribution in [0.2, 0.25) is 0 Å². The summed E-state index contributed by atoms with van der Waals surface area (Å²) in [6.45, 7) is 0. The first kappa shape index (κ1) is 45.9. The molecule has 17 rings (SSSR count). The van der Waals surface area contributed by atoms with Crippen molar-refractivity contribution in [3.05, 3.63) is 291 Å². The fourth-order valence-corrected chi connectivity index (χ4v) is 13.1. The SMILES string of the molecule is c1cc(-c2ccc(-c3cc(-n4c5ccccc5c5ccccc54)nc(-n4c5ccccc5c5ccccc54)c3)cc2)cc(-c2cccc(-c3cc(-n4c5ccccc5c5ccccc54)nc(-n4c5ccccc5c5ccccc54)c3)c2)c1. The highest BCUT2D eigenvalue weighted by Crippen LogP contribution is 2.40. The molecule has 6 nitrogen and oxygen atoms in total. The van der Waals surface area contributed by atoms with Gasteiger partial charge in [-0.15, -0.1) is 0 Å². The molecule has 0 saturated carbocycles. The van der Waals surface area contributed by atoms with E-state index in [0.717, 1.165) is 112 Å². The molecular formula is C76H48N6. The third-order valence-electron chi connectivity index (χ3n) is 16.8. The van der Waals surface area contributed by atoms with Crippen molar-refractivity contribution in [1.82, 2.24) is 28.2 Å². The van der Waals surface area contributed by atoms with E-state index >= 15 is 0 Å². The number of fused-ring (bicyclic) bond motifs is 12. The second-order valence-corrected chi connectivity index (χ2v) is 21.4. The van der Waals surface area contributed by atoms with Gasteiger partial charge in [-0.2, -0.15) is 0 Å². The fraction of sp³-hybridized carbons (Fsp3) is 0. The number of para-hydroxylation sites is 8. The molecule has 0 saturated heterocycles. The minimum absolute atomic E-state index is 0.861. The summed E-state index contributed by atoms with van der Waals surface area (Å²) in [5.41, 5.74) is 17.9. The van der Waals surface area contributed by atoms with Gasteiger partial charge in [0.05, 0.1) is 44.1 Å². The van der Waals surface area contributed by atoms with E-state index in [-0.39, 0.29) is 0 Å². The highest BCUT2D eigenvalue weighted by atomic mass is 15.1. The molecule has 6 heterocycles. The molecule has 0 spiro atoms. The van der Waals surface area contributed by atoms with Crippen LogP contribution in [0.25, 0.3) is 155 Å². The van der Waals surface area contributed by atoms with Crippen molar-refractivity contribution in [3.8, 4) is 67.8 Å².